The highest BCUT2D eigenvalue weighted by Crippen LogP contribution is 2.18. The number of carbonyl (C=O) groups is 1. The molecular formula is C13H16ClNO2. The predicted molar refractivity (Wildman–Crippen MR) is 67.5 cm³/mol. The summed E-state index contributed by atoms with van der Waals surface area (Å²) in [6.45, 7) is 1.40. The van der Waals surface area contributed by atoms with Gasteiger partial charge in [-0.05, 0) is 24.1 Å². The molecule has 4 heteroatoms. The zero-order chi connectivity index (χ0) is 12.3. The number of carbonyl (C=O) groups excluding carboxylic acids is 1. The van der Waals surface area contributed by atoms with Crippen LogP contribution in [-0.2, 0) is 11.2 Å². The molecule has 0 N–H and O–H groups in total. The fraction of sp³-hybridized carbons (Fsp3) is 0.462. The minimum atomic E-state index is -0.0205. The summed E-state index contributed by atoms with van der Waals surface area (Å²) in [6.07, 6.45) is 1.31. The minimum absolute atomic E-state index is 0.0205. The summed E-state index contributed by atoms with van der Waals surface area (Å²) in [5, 5.41) is -0.0205. The van der Waals surface area contributed by atoms with Gasteiger partial charge in [-0.2, -0.15) is 0 Å². The van der Waals surface area contributed by atoms with Gasteiger partial charge in [0.25, 0.3) is 0 Å². The summed E-state index contributed by atoms with van der Waals surface area (Å²) in [5.74, 6) is 1.01. The Morgan fingerprint density at radius 1 is 1.53 bits per heavy atom. The Kier molecular flexibility index (Phi) is 3.89. The lowest BCUT2D eigenvalue weighted by Gasteiger charge is -2.15. The number of methoxy groups -OCH3 is 1. The molecule has 1 aliphatic rings. The van der Waals surface area contributed by atoms with Gasteiger partial charge in [-0.1, -0.05) is 12.1 Å². The van der Waals surface area contributed by atoms with E-state index in [4.69, 9.17) is 16.3 Å². The first-order valence-corrected chi connectivity index (χ1v) is 6.17. The maximum absolute atomic E-state index is 11.5. The highest BCUT2D eigenvalue weighted by atomic mass is 35.5. The highest BCUT2D eigenvalue weighted by Gasteiger charge is 2.27. The summed E-state index contributed by atoms with van der Waals surface area (Å²) in [4.78, 5) is 13.4. The molecule has 0 aromatic heterocycles. The summed E-state index contributed by atoms with van der Waals surface area (Å²) in [6, 6.07) is 7.92. The third kappa shape index (κ3) is 3.13. The fourth-order valence-corrected chi connectivity index (χ4v) is 2.33. The maximum Gasteiger partial charge on any atom is 0.224 e. The van der Waals surface area contributed by atoms with Crippen molar-refractivity contribution in [3.05, 3.63) is 29.8 Å². The van der Waals surface area contributed by atoms with Crippen molar-refractivity contribution < 1.29 is 9.53 Å². The largest absolute Gasteiger partial charge is 0.497 e. The first-order valence-electron chi connectivity index (χ1n) is 5.74. The summed E-state index contributed by atoms with van der Waals surface area (Å²) in [5.41, 5.74) is 1.18. The highest BCUT2D eigenvalue weighted by molar-refractivity contribution is 6.22. The molecule has 1 fully saturated rings. The number of amides is 1. The van der Waals surface area contributed by atoms with Crippen molar-refractivity contribution >= 4 is 17.5 Å². The molecule has 1 heterocycles. The zero-order valence-corrected chi connectivity index (χ0v) is 10.6. The molecule has 1 unspecified atom stereocenters. The van der Waals surface area contributed by atoms with Gasteiger partial charge < -0.3 is 9.64 Å². The molecule has 1 amide bonds. The molecule has 1 aliphatic heterocycles. The lowest BCUT2D eigenvalue weighted by atomic mass is 10.1. The van der Waals surface area contributed by atoms with Crippen molar-refractivity contribution in [1.29, 1.82) is 0 Å². The second-order valence-corrected chi connectivity index (χ2v) is 4.86. The van der Waals surface area contributed by atoms with E-state index in [0.717, 1.165) is 18.7 Å². The van der Waals surface area contributed by atoms with Gasteiger partial charge in [0, 0.05) is 19.5 Å². The van der Waals surface area contributed by atoms with Crippen LogP contribution in [0.3, 0.4) is 0 Å². The van der Waals surface area contributed by atoms with E-state index in [1.807, 2.05) is 29.2 Å². The van der Waals surface area contributed by atoms with Crippen molar-refractivity contribution in [3.8, 4) is 5.75 Å². The molecule has 0 radical (unpaired) electrons. The molecule has 17 heavy (non-hydrogen) atoms. The Labute approximate surface area is 106 Å². The molecule has 0 bridgehead atoms. The van der Waals surface area contributed by atoms with Crippen LogP contribution < -0.4 is 4.74 Å². The molecular weight excluding hydrogens is 238 g/mol. The molecule has 0 saturated carbocycles. The fourth-order valence-electron chi connectivity index (χ4n) is 2.03. The second-order valence-electron chi connectivity index (χ2n) is 4.24. The van der Waals surface area contributed by atoms with E-state index in [2.05, 4.69) is 0 Å². The molecule has 92 valence electrons. The zero-order valence-electron chi connectivity index (χ0n) is 9.86. The molecule has 1 aromatic rings. The van der Waals surface area contributed by atoms with Crippen LogP contribution >= 0.6 is 11.6 Å². The Balaban J connectivity index is 1.91. The van der Waals surface area contributed by atoms with E-state index in [1.165, 1.54) is 5.56 Å². The van der Waals surface area contributed by atoms with Gasteiger partial charge in [0.2, 0.25) is 5.91 Å². The van der Waals surface area contributed by atoms with Crippen LogP contribution in [-0.4, -0.2) is 36.4 Å². The average molecular weight is 254 g/mol. The number of ether oxygens (including phenoxy) is 1. The van der Waals surface area contributed by atoms with Gasteiger partial charge in [0.05, 0.1) is 12.5 Å². The van der Waals surface area contributed by atoms with E-state index >= 15 is 0 Å². The van der Waals surface area contributed by atoms with E-state index in [1.54, 1.807) is 7.11 Å². The molecule has 0 spiro atoms. The molecule has 1 saturated heterocycles. The quantitative estimate of drug-likeness (QED) is 0.769. The Bertz CT molecular complexity index is 408. The lowest BCUT2D eigenvalue weighted by molar-refractivity contribution is -0.127. The number of hydrogen-bond acceptors (Lipinski definition) is 2. The van der Waals surface area contributed by atoms with Crippen molar-refractivity contribution in [3.63, 3.8) is 0 Å². The number of alkyl halides is 1. The number of nitrogens with zero attached hydrogens (tertiary/aromatic N) is 1. The SMILES string of the molecule is COc1cccc(CCN2CC(Cl)CC2=O)c1. The Morgan fingerprint density at radius 2 is 2.35 bits per heavy atom. The Hall–Kier alpha value is -1.22. The van der Waals surface area contributed by atoms with Crippen LogP contribution in [0.15, 0.2) is 24.3 Å². The van der Waals surface area contributed by atoms with Crippen molar-refractivity contribution in [2.75, 3.05) is 20.2 Å². The van der Waals surface area contributed by atoms with Gasteiger partial charge in [-0.15, -0.1) is 11.6 Å². The summed E-state index contributed by atoms with van der Waals surface area (Å²) < 4.78 is 5.16. The lowest BCUT2D eigenvalue weighted by Crippen LogP contribution is -2.27. The number of benzene rings is 1. The van der Waals surface area contributed by atoms with Crippen molar-refractivity contribution in [2.45, 2.75) is 18.2 Å². The number of hydrogen-bond donors (Lipinski definition) is 0. The Morgan fingerprint density at radius 3 is 3.00 bits per heavy atom. The third-order valence-electron chi connectivity index (χ3n) is 2.97. The van der Waals surface area contributed by atoms with Gasteiger partial charge >= 0.3 is 0 Å². The van der Waals surface area contributed by atoms with E-state index < -0.39 is 0 Å². The number of halogens is 1. The van der Waals surface area contributed by atoms with Crippen molar-refractivity contribution in [1.82, 2.24) is 4.90 Å². The first-order chi connectivity index (χ1) is 8.19. The number of rotatable bonds is 4. The standard InChI is InChI=1S/C13H16ClNO2/c1-17-12-4-2-3-10(7-12)5-6-15-9-11(14)8-13(15)16/h2-4,7,11H,5-6,8-9H2,1H3. The predicted octanol–water partition coefficient (Wildman–Crippen LogP) is 2.08. The maximum atomic E-state index is 11.5. The van der Waals surface area contributed by atoms with Crippen LogP contribution in [0, 0.1) is 0 Å². The van der Waals surface area contributed by atoms with E-state index in [9.17, 15) is 4.79 Å². The van der Waals surface area contributed by atoms with E-state index in [-0.39, 0.29) is 11.3 Å². The van der Waals surface area contributed by atoms with Crippen LogP contribution in [0.4, 0.5) is 0 Å². The van der Waals surface area contributed by atoms with Crippen LogP contribution in [0.25, 0.3) is 0 Å². The smallest absolute Gasteiger partial charge is 0.224 e. The van der Waals surface area contributed by atoms with Crippen LogP contribution in [0.1, 0.15) is 12.0 Å². The van der Waals surface area contributed by atoms with E-state index in [0.29, 0.717) is 13.0 Å². The summed E-state index contributed by atoms with van der Waals surface area (Å²) in [7, 11) is 1.65. The van der Waals surface area contributed by atoms with Crippen LogP contribution in [0.2, 0.25) is 0 Å². The van der Waals surface area contributed by atoms with Gasteiger partial charge in [-0.25, -0.2) is 0 Å². The van der Waals surface area contributed by atoms with Gasteiger partial charge in [0.1, 0.15) is 5.75 Å². The normalized spacial score (nSPS) is 19.8. The van der Waals surface area contributed by atoms with Gasteiger partial charge in [-0.3, -0.25) is 4.79 Å². The average Bonchev–Trinajstić information content (AvgIpc) is 2.65. The van der Waals surface area contributed by atoms with Crippen LogP contribution in [0.5, 0.6) is 5.75 Å². The summed E-state index contributed by atoms with van der Waals surface area (Å²) >= 11 is 5.95. The molecule has 0 aliphatic carbocycles. The molecule has 1 aromatic carbocycles. The minimum Gasteiger partial charge on any atom is -0.497 e. The topological polar surface area (TPSA) is 29.5 Å². The molecule has 3 nitrogen and oxygen atoms in total. The molecule has 2 rings (SSSR count). The molecule has 1 atom stereocenters. The third-order valence-corrected chi connectivity index (χ3v) is 3.26. The number of likely N-dealkylation sites (tertiary alicyclic amines) is 1. The monoisotopic (exact) mass is 253 g/mol. The van der Waals surface area contributed by atoms with Gasteiger partial charge in [0.15, 0.2) is 0 Å². The first kappa shape index (κ1) is 12.2. The second kappa shape index (κ2) is 5.41. The van der Waals surface area contributed by atoms with Crippen molar-refractivity contribution in [2.24, 2.45) is 0 Å².